The van der Waals surface area contributed by atoms with Gasteiger partial charge in [0.15, 0.2) is 9.84 Å². The second kappa shape index (κ2) is 5.99. The van der Waals surface area contributed by atoms with Crippen molar-refractivity contribution in [1.82, 2.24) is 10.0 Å². The molecule has 7 heteroatoms. The molecule has 112 valence electrons. The maximum absolute atomic E-state index is 11.7. The Morgan fingerprint density at radius 3 is 2.55 bits per heavy atom. The Bertz CT molecular complexity index is 577. The van der Waals surface area contributed by atoms with E-state index in [1.165, 1.54) is 0 Å². The average Bonchev–Trinajstić information content (AvgIpc) is 2.59. The molecule has 0 aliphatic carbocycles. The van der Waals surface area contributed by atoms with E-state index in [-0.39, 0.29) is 11.5 Å². The lowest BCUT2D eigenvalue weighted by Gasteiger charge is -2.35. The van der Waals surface area contributed by atoms with Crippen molar-refractivity contribution in [1.29, 1.82) is 0 Å². The first-order valence-corrected chi connectivity index (χ1v) is 8.55. The Hall–Kier alpha value is -0.660. The van der Waals surface area contributed by atoms with Crippen LogP contribution in [0, 0.1) is 0 Å². The zero-order chi connectivity index (χ0) is 14.9. The quantitative estimate of drug-likeness (QED) is 0.831. The molecule has 0 radical (unpaired) electrons. The van der Waals surface area contributed by atoms with Crippen LogP contribution in [0.1, 0.15) is 5.56 Å². The Balaban J connectivity index is 2.20. The minimum absolute atomic E-state index is 0.0209. The van der Waals surface area contributed by atoms with Gasteiger partial charge < -0.3 is 5.11 Å². The van der Waals surface area contributed by atoms with Crippen molar-refractivity contribution in [2.45, 2.75) is 18.7 Å². The molecule has 0 saturated carbocycles. The molecule has 5 nitrogen and oxygen atoms in total. The SMILES string of the molecule is CN(C)N(Cc1cccc(Cl)c1)[C@@H]1CS(=O)(=O)C[C@H]1O. The largest absolute Gasteiger partial charge is 0.390 e. The molecule has 1 heterocycles. The lowest BCUT2D eigenvalue weighted by Crippen LogP contribution is -2.49. The van der Waals surface area contributed by atoms with Gasteiger partial charge in [0, 0.05) is 25.7 Å². The standard InChI is InChI=1S/C13H19ClN2O3S/c1-15(2)16(7-10-4-3-5-11(14)6-10)12-8-20(18,19)9-13(12)17/h3-6,12-13,17H,7-9H2,1-2H3/t12-,13-/m1/s1. The highest BCUT2D eigenvalue weighted by atomic mass is 35.5. The minimum atomic E-state index is -3.17. The van der Waals surface area contributed by atoms with Crippen molar-refractivity contribution < 1.29 is 13.5 Å². The van der Waals surface area contributed by atoms with Crippen LogP contribution in [0.25, 0.3) is 0 Å². The normalized spacial score (nSPS) is 25.5. The van der Waals surface area contributed by atoms with Gasteiger partial charge in [-0.15, -0.1) is 0 Å². The zero-order valence-electron chi connectivity index (χ0n) is 11.5. The molecule has 0 amide bonds. The maximum Gasteiger partial charge on any atom is 0.154 e. The fourth-order valence-electron chi connectivity index (χ4n) is 2.47. The van der Waals surface area contributed by atoms with E-state index >= 15 is 0 Å². The number of aliphatic hydroxyl groups excluding tert-OH is 1. The van der Waals surface area contributed by atoms with Crippen LogP contribution < -0.4 is 0 Å². The predicted molar refractivity (Wildman–Crippen MR) is 79.1 cm³/mol. The van der Waals surface area contributed by atoms with Crippen molar-refractivity contribution in [3.05, 3.63) is 34.9 Å². The lowest BCUT2D eigenvalue weighted by molar-refractivity contribution is -0.0558. The number of sulfone groups is 1. The van der Waals surface area contributed by atoms with Gasteiger partial charge in [0.25, 0.3) is 0 Å². The van der Waals surface area contributed by atoms with E-state index in [4.69, 9.17) is 11.6 Å². The van der Waals surface area contributed by atoms with E-state index in [0.29, 0.717) is 11.6 Å². The van der Waals surface area contributed by atoms with E-state index in [1.54, 1.807) is 6.07 Å². The molecule has 0 bridgehead atoms. The fourth-order valence-corrected chi connectivity index (χ4v) is 4.48. The highest BCUT2D eigenvalue weighted by Gasteiger charge is 2.40. The van der Waals surface area contributed by atoms with Gasteiger partial charge in [-0.25, -0.2) is 18.4 Å². The number of hydrazine groups is 1. The van der Waals surface area contributed by atoms with Crippen molar-refractivity contribution in [3.63, 3.8) is 0 Å². The van der Waals surface area contributed by atoms with Gasteiger partial charge in [-0.05, 0) is 17.7 Å². The summed E-state index contributed by atoms with van der Waals surface area (Å²) in [6, 6.07) is 6.99. The molecular formula is C13H19ClN2O3S. The van der Waals surface area contributed by atoms with E-state index < -0.39 is 22.0 Å². The Kier molecular flexibility index (Phi) is 4.71. The van der Waals surface area contributed by atoms with Crippen molar-refractivity contribution in [2.24, 2.45) is 0 Å². The summed E-state index contributed by atoms with van der Waals surface area (Å²) in [6.45, 7) is 0.505. The molecule has 20 heavy (non-hydrogen) atoms. The molecule has 2 rings (SSSR count). The highest BCUT2D eigenvalue weighted by Crippen LogP contribution is 2.22. The van der Waals surface area contributed by atoms with Crippen LogP contribution in [0.15, 0.2) is 24.3 Å². The van der Waals surface area contributed by atoms with Crippen molar-refractivity contribution in [3.8, 4) is 0 Å². The summed E-state index contributed by atoms with van der Waals surface area (Å²) in [5.41, 5.74) is 0.975. The number of hydrogen-bond acceptors (Lipinski definition) is 5. The number of halogens is 1. The van der Waals surface area contributed by atoms with Gasteiger partial charge in [0.1, 0.15) is 0 Å². The molecular weight excluding hydrogens is 300 g/mol. The zero-order valence-corrected chi connectivity index (χ0v) is 13.1. The number of hydrogen-bond donors (Lipinski definition) is 1. The summed E-state index contributed by atoms with van der Waals surface area (Å²) in [6.07, 6.45) is -0.860. The topological polar surface area (TPSA) is 60.9 Å². The summed E-state index contributed by atoms with van der Waals surface area (Å²) in [7, 11) is 0.503. The van der Waals surface area contributed by atoms with Crippen LogP contribution >= 0.6 is 11.6 Å². The van der Waals surface area contributed by atoms with Crippen LogP contribution in [0.5, 0.6) is 0 Å². The van der Waals surface area contributed by atoms with Crippen molar-refractivity contribution in [2.75, 3.05) is 25.6 Å². The maximum atomic E-state index is 11.7. The molecule has 1 aliphatic heterocycles. The van der Waals surface area contributed by atoms with Crippen LogP contribution in [-0.4, -0.2) is 61.3 Å². The fraction of sp³-hybridized carbons (Fsp3) is 0.538. The minimum Gasteiger partial charge on any atom is -0.390 e. The molecule has 0 aromatic heterocycles. The van der Waals surface area contributed by atoms with Gasteiger partial charge in [-0.1, -0.05) is 23.7 Å². The molecule has 1 N–H and O–H groups in total. The van der Waals surface area contributed by atoms with Gasteiger partial charge in [-0.3, -0.25) is 0 Å². The molecule has 1 saturated heterocycles. The molecule has 1 aromatic carbocycles. The third-order valence-electron chi connectivity index (χ3n) is 3.42. The lowest BCUT2D eigenvalue weighted by atomic mass is 10.1. The summed E-state index contributed by atoms with van der Waals surface area (Å²) >= 11 is 5.96. The first kappa shape index (κ1) is 15.7. The predicted octanol–water partition coefficient (Wildman–Crippen LogP) is 0.776. The van der Waals surface area contributed by atoms with E-state index in [2.05, 4.69) is 0 Å². The molecule has 1 aliphatic rings. The van der Waals surface area contributed by atoms with Crippen LogP contribution in [0.3, 0.4) is 0 Å². The summed E-state index contributed by atoms with van der Waals surface area (Å²) in [5.74, 6) is -0.190. The van der Waals surface area contributed by atoms with Gasteiger partial charge >= 0.3 is 0 Å². The molecule has 2 atom stereocenters. The number of benzene rings is 1. The molecule has 0 unspecified atom stereocenters. The van der Waals surface area contributed by atoms with E-state index in [1.807, 2.05) is 42.3 Å². The van der Waals surface area contributed by atoms with Crippen LogP contribution in [0.2, 0.25) is 5.02 Å². The second-order valence-corrected chi connectivity index (χ2v) is 7.88. The van der Waals surface area contributed by atoms with E-state index in [9.17, 15) is 13.5 Å². The van der Waals surface area contributed by atoms with Gasteiger partial charge in [-0.2, -0.15) is 0 Å². The summed E-state index contributed by atoms with van der Waals surface area (Å²) in [5, 5.41) is 14.3. The van der Waals surface area contributed by atoms with E-state index in [0.717, 1.165) is 5.56 Å². The first-order chi connectivity index (χ1) is 9.28. The summed E-state index contributed by atoms with van der Waals surface area (Å²) < 4.78 is 23.3. The Labute approximate surface area is 124 Å². The third kappa shape index (κ3) is 3.71. The molecule has 1 aromatic rings. The van der Waals surface area contributed by atoms with Crippen molar-refractivity contribution >= 4 is 21.4 Å². The molecule has 1 fully saturated rings. The third-order valence-corrected chi connectivity index (χ3v) is 5.36. The highest BCUT2D eigenvalue weighted by molar-refractivity contribution is 7.91. The second-order valence-electron chi connectivity index (χ2n) is 5.29. The van der Waals surface area contributed by atoms with Crippen LogP contribution in [0.4, 0.5) is 0 Å². The van der Waals surface area contributed by atoms with Gasteiger partial charge in [0.2, 0.25) is 0 Å². The monoisotopic (exact) mass is 318 g/mol. The first-order valence-electron chi connectivity index (χ1n) is 6.35. The molecule has 0 spiro atoms. The number of aliphatic hydroxyl groups is 1. The number of nitrogens with zero attached hydrogens (tertiary/aromatic N) is 2. The number of rotatable bonds is 4. The Morgan fingerprint density at radius 1 is 1.35 bits per heavy atom. The van der Waals surface area contributed by atoms with Gasteiger partial charge in [0.05, 0.1) is 23.7 Å². The smallest absolute Gasteiger partial charge is 0.154 e. The average molecular weight is 319 g/mol. The van der Waals surface area contributed by atoms with Crippen LogP contribution in [-0.2, 0) is 16.4 Å². The Morgan fingerprint density at radius 2 is 2.05 bits per heavy atom. The summed E-state index contributed by atoms with van der Waals surface area (Å²) in [4.78, 5) is 0.